The molecule has 4 heteroatoms. The maximum atomic E-state index is 12.8. The number of halogens is 1. The molecule has 2 aromatic carbocycles. The summed E-state index contributed by atoms with van der Waals surface area (Å²) in [5.41, 5.74) is 5.47. The maximum absolute atomic E-state index is 12.8. The molecule has 0 saturated carbocycles. The van der Waals surface area contributed by atoms with Crippen LogP contribution in [0.3, 0.4) is 0 Å². The minimum Gasteiger partial charge on any atom is -0.507 e. The summed E-state index contributed by atoms with van der Waals surface area (Å²) in [5, 5.41) is 12.1. The van der Waals surface area contributed by atoms with E-state index in [1.807, 2.05) is 0 Å². The molecule has 0 bridgehead atoms. The predicted octanol–water partition coefficient (Wildman–Crippen LogP) is 10.9. The van der Waals surface area contributed by atoms with Gasteiger partial charge in [-0.05, 0) is 77.5 Å². The summed E-state index contributed by atoms with van der Waals surface area (Å²) in [5.74, 6) is 0.416. The standard InChI is InChI=1S/C37H55IO3/c1-15-30(39)41-32-28(36(12,13)19-5)22-25(34(8,9)17-3)23-29(32)37(14,38)27-21-24(33(6,7)16-2)20-26(31(27)40)35(10,11)18-4/h15,20-23,40H,1,16-19H2,2-14H3. The molecule has 0 fully saturated rings. The fraction of sp³-hybridized carbons (Fsp3) is 0.595. The Bertz CT molecular complexity index is 1280. The van der Waals surface area contributed by atoms with Crippen LogP contribution in [-0.2, 0) is 29.9 Å². The van der Waals surface area contributed by atoms with E-state index in [0.717, 1.165) is 47.9 Å². The van der Waals surface area contributed by atoms with Gasteiger partial charge in [0, 0.05) is 28.3 Å². The van der Waals surface area contributed by atoms with Crippen molar-refractivity contribution in [3.8, 4) is 11.5 Å². The highest BCUT2D eigenvalue weighted by atomic mass is 127. The van der Waals surface area contributed by atoms with Crippen LogP contribution in [0.15, 0.2) is 36.9 Å². The van der Waals surface area contributed by atoms with Gasteiger partial charge in [0.2, 0.25) is 0 Å². The number of aromatic hydroxyl groups is 1. The molecule has 2 rings (SSSR count). The van der Waals surface area contributed by atoms with Gasteiger partial charge < -0.3 is 9.84 Å². The molecule has 41 heavy (non-hydrogen) atoms. The summed E-state index contributed by atoms with van der Waals surface area (Å²) >= 11 is 2.47. The molecule has 0 amide bonds. The Kier molecular flexibility index (Phi) is 10.7. The predicted molar refractivity (Wildman–Crippen MR) is 184 cm³/mol. The van der Waals surface area contributed by atoms with Crippen LogP contribution in [0.2, 0.25) is 0 Å². The van der Waals surface area contributed by atoms with Crippen molar-refractivity contribution in [2.75, 3.05) is 0 Å². The van der Waals surface area contributed by atoms with Crippen LogP contribution in [-0.4, -0.2) is 11.1 Å². The molecule has 1 atom stereocenters. The number of carbonyl (C=O) groups excluding carboxylic acids is 1. The van der Waals surface area contributed by atoms with Crippen molar-refractivity contribution in [3.05, 3.63) is 70.3 Å². The number of ether oxygens (including phenoxy) is 1. The molecule has 0 aliphatic heterocycles. The van der Waals surface area contributed by atoms with Crippen molar-refractivity contribution in [1.82, 2.24) is 0 Å². The number of esters is 1. The van der Waals surface area contributed by atoms with E-state index in [4.69, 9.17) is 4.74 Å². The molecule has 0 aliphatic rings. The number of rotatable bonds is 12. The number of phenolic OH excluding ortho intramolecular Hbond substituents is 1. The molecule has 228 valence electrons. The number of alkyl halides is 1. The number of carbonyl (C=O) groups is 1. The van der Waals surface area contributed by atoms with Crippen molar-refractivity contribution < 1.29 is 14.6 Å². The second-order valence-corrected chi connectivity index (χ2v) is 16.6. The lowest BCUT2D eigenvalue weighted by atomic mass is 9.71. The van der Waals surface area contributed by atoms with Gasteiger partial charge in [-0.25, -0.2) is 4.79 Å². The van der Waals surface area contributed by atoms with Gasteiger partial charge in [-0.15, -0.1) is 0 Å². The maximum Gasteiger partial charge on any atom is 0.335 e. The van der Waals surface area contributed by atoms with Gasteiger partial charge in [0.25, 0.3) is 0 Å². The average Bonchev–Trinajstić information content (AvgIpc) is 2.92. The van der Waals surface area contributed by atoms with Gasteiger partial charge in [-0.2, -0.15) is 0 Å². The van der Waals surface area contributed by atoms with Gasteiger partial charge in [-0.3, -0.25) is 0 Å². The van der Waals surface area contributed by atoms with E-state index in [1.165, 1.54) is 17.2 Å². The van der Waals surface area contributed by atoms with E-state index >= 15 is 0 Å². The van der Waals surface area contributed by atoms with Crippen molar-refractivity contribution in [3.63, 3.8) is 0 Å². The van der Waals surface area contributed by atoms with Crippen LogP contribution >= 0.6 is 22.6 Å². The van der Waals surface area contributed by atoms with E-state index in [9.17, 15) is 9.90 Å². The smallest absolute Gasteiger partial charge is 0.335 e. The molecule has 1 N–H and O–H groups in total. The topological polar surface area (TPSA) is 46.5 Å². The molecular weight excluding hydrogens is 619 g/mol. The largest absolute Gasteiger partial charge is 0.507 e. The Balaban J connectivity index is 3.20. The Hall–Kier alpha value is -1.82. The van der Waals surface area contributed by atoms with Crippen LogP contribution in [0.5, 0.6) is 11.5 Å². The normalized spacial score (nSPS) is 14.5. The van der Waals surface area contributed by atoms with Gasteiger partial charge in [0.1, 0.15) is 11.5 Å². The van der Waals surface area contributed by atoms with Crippen LogP contribution in [0.1, 0.15) is 149 Å². The zero-order chi connectivity index (χ0) is 31.8. The summed E-state index contributed by atoms with van der Waals surface area (Å²) in [6.45, 7) is 32.4. The second-order valence-electron chi connectivity index (χ2n) is 14.4. The molecule has 1 unspecified atom stereocenters. The monoisotopic (exact) mass is 674 g/mol. The summed E-state index contributed by atoms with van der Waals surface area (Å²) < 4.78 is 5.44. The van der Waals surface area contributed by atoms with Gasteiger partial charge in [-0.1, -0.05) is 124 Å². The van der Waals surface area contributed by atoms with Crippen molar-refractivity contribution >= 4 is 28.6 Å². The summed E-state index contributed by atoms with van der Waals surface area (Å²) in [7, 11) is 0. The third-order valence-electron chi connectivity index (χ3n) is 10.1. The van der Waals surface area contributed by atoms with Crippen molar-refractivity contribution in [2.45, 2.75) is 141 Å². The molecular formula is C37H55IO3. The first-order valence-corrected chi connectivity index (χ1v) is 16.4. The van der Waals surface area contributed by atoms with Crippen LogP contribution in [0.25, 0.3) is 0 Å². The SMILES string of the molecule is C=CC(=O)Oc1c(C(C)(C)CC)cc(C(C)(C)CC)cc1C(C)(I)c1cc(C(C)(C)CC)cc(C(C)(C)CC)c1O. The fourth-order valence-corrected chi connectivity index (χ4v) is 5.77. The summed E-state index contributed by atoms with van der Waals surface area (Å²) in [6.07, 6.45) is 4.93. The first-order valence-electron chi connectivity index (χ1n) is 15.3. The molecule has 0 heterocycles. The average molecular weight is 675 g/mol. The quantitative estimate of drug-likeness (QED) is 0.0801. The lowest BCUT2D eigenvalue weighted by Crippen LogP contribution is -2.28. The van der Waals surface area contributed by atoms with Crippen LogP contribution in [0.4, 0.5) is 0 Å². The van der Waals surface area contributed by atoms with Gasteiger partial charge in [0.05, 0.1) is 3.42 Å². The van der Waals surface area contributed by atoms with E-state index in [0.29, 0.717) is 11.5 Å². The Morgan fingerprint density at radius 3 is 1.49 bits per heavy atom. The highest BCUT2D eigenvalue weighted by Crippen LogP contribution is 2.53. The molecule has 0 aliphatic carbocycles. The number of hydrogen-bond donors (Lipinski definition) is 1. The van der Waals surface area contributed by atoms with E-state index in [1.54, 1.807) is 0 Å². The summed E-state index contributed by atoms with van der Waals surface area (Å²) in [4.78, 5) is 12.8. The fourth-order valence-electron chi connectivity index (χ4n) is 4.96. The van der Waals surface area contributed by atoms with Crippen LogP contribution in [0, 0.1) is 0 Å². The van der Waals surface area contributed by atoms with Crippen molar-refractivity contribution in [1.29, 1.82) is 0 Å². The summed E-state index contributed by atoms with van der Waals surface area (Å²) in [6, 6.07) is 8.83. The zero-order valence-corrected chi connectivity index (χ0v) is 30.2. The van der Waals surface area contributed by atoms with Crippen LogP contribution < -0.4 is 4.74 Å². The molecule has 2 aromatic rings. The Morgan fingerprint density at radius 2 is 1.07 bits per heavy atom. The Labute approximate surface area is 264 Å². The first kappa shape index (κ1) is 35.4. The molecule has 0 radical (unpaired) electrons. The van der Waals surface area contributed by atoms with E-state index in [2.05, 4.69) is 143 Å². The number of hydrogen-bond acceptors (Lipinski definition) is 3. The number of benzene rings is 2. The van der Waals surface area contributed by atoms with Crippen molar-refractivity contribution in [2.24, 2.45) is 0 Å². The zero-order valence-electron chi connectivity index (χ0n) is 28.1. The van der Waals surface area contributed by atoms with E-state index < -0.39 is 9.39 Å². The van der Waals surface area contributed by atoms with E-state index in [-0.39, 0.29) is 21.7 Å². The first-order chi connectivity index (χ1) is 18.7. The molecule has 0 spiro atoms. The highest BCUT2D eigenvalue weighted by molar-refractivity contribution is 14.1. The van der Waals surface area contributed by atoms with Gasteiger partial charge >= 0.3 is 5.97 Å². The third kappa shape index (κ3) is 7.05. The Morgan fingerprint density at radius 1 is 0.707 bits per heavy atom. The lowest BCUT2D eigenvalue weighted by molar-refractivity contribution is -0.129. The molecule has 0 aromatic heterocycles. The molecule has 3 nitrogen and oxygen atoms in total. The second kappa shape index (κ2) is 12.4. The third-order valence-corrected chi connectivity index (χ3v) is 11.3. The molecule has 0 saturated heterocycles. The minimum atomic E-state index is -0.713. The number of phenols is 1. The lowest BCUT2D eigenvalue weighted by Gasteiger charge is -2.37. The highest BCUT2D eigenvalue weighted by Gasteiger charge is 2.40. The minimum absolute atomic E-state index is 0.0761. The van der Waals surface area contributed by atoms with Gasteiger partial charge in [0.15, 0.2) is 0 Å².